The first-order valence-corrected chi connectivity index (χ1v) is 11.3. The molecule has 0 saturated carbocycles. The summed E-state index contributed by atoms with van der Waals surface area (Å²) in [5.74, 6) is -0.888. The second-order valence-corrected chi connectivity index (χ2v) is 8.79. The highest BCUT2D eigenvalue weighted by molar-refractivity contribution is 7.13. The minimum absolute atomic E-state index is 0.240. The number of nitrogens with one attached hydrogen (secondary N) is 1. The topological polar surface area (TPSA) is 78.7 Å². The van der Waals surface area contributed by atoms with Crippen LogP contribution < -0.4 is 11.1 Å². The Labute approximate surface area is 190 Å². The Bertz CT molecular complexity index is 1090. The zero-order valence-corrected chi connectivity index (χ0v) is 18.6. The van der Waals surface area contributed by atoms with Gasteiger partial charge in [-0.3, -0.25) is 9.59 Å². The summed E-state index contributed by atoms with van der Waals surface area (Å²) in [4.78, 5) is 29.9. The van der Waals surface area contributed by atoms with Crippen LogP contribution in [0.3, 0.4) is 0 Å². The number of hydrogen-bond acceptors (Lipinski definition) is 5. The van der Waals surface area contributed by atoms with Gasteiger partial charge in [0.25, 0.3) is 11.8 Å². The Morgan fingerprint density at radius 3 is 2.44 bits per heavy atom. The van der Waals surface area contributed by atoms with E-state index in [4.69, 9.17) is 5.73 Å². The van der Waals surface area contributed by atoms with Crippen molar-refractivity contribution in [1.29, 1.82) is 0 Å². The Kier molecular flexibility index (Phi) is 6.53. The van der Waals surface area contributed by atoms with Crippen molar-refractivity contribution in [2.24, 2.45) is 0 Å². The van der Waals surface area contributed by atoms with E-state index < -0.39 is 12.1 Å². The number of nitrogens with two attached hydrogens (primary N) is 1. The minimum Gasteiger partial charge on any atom is -0.397 e. The maximum atomic E-state index is 14.8. The number of halogens is 1. The van der Waals surface area contributed by atoms with Crippen molar-refractivity contribution in [3.05, 3.63) is 71.1 Å². The van der Waals surface area contributed by atoms with Gasteiger partial charge in [0, 0.05) is 36.6 Å². The number of benzene rings is 2. The molecule has 2 heterocycles. The van der Waals surface area contributed by atoms with Crippen molar-refractivity contribution in [3.63, 3.8) is 0 Å². The molecule has 2 amide bonds. The smallest absolute Gasteiger partial charge is 0.261 e. The number of carbonyl (C=O) groups excluding carboxylic acids is 2. The van der Waals surface area contributed by atoms with E-state index in [0.717, 1.165) is 23.5 Å². The highest BCUT2D eigenvalue weighted by Crippen LogP contribution is 2.30. The lowest BCUT2D eigenvalue weighted by atomic mass is 10.1. The van der Waals surface area contributed by atoms with E-state index in [1.807, 2.05) is 36.7 Å². The van der Waals surface area contributed by atoms with Crippen LogP contribution in [-0.4, -0.2) is 54.8 Å². The van der Waals surface area contributed by atoms with E-state index >= 15 is 0 Å². The van der Waals surface area contributed by atoms with Crippen molar-refractivity contribution < 1.29 is 14.0 Å². The van der Waals surface area contributed by atoms with Crippen LogP contribution in [0, 0.1) is 0 Å². The first-order valence-electron chi connectivity index (χ1n) is 10.4. The molecule has 0 radical (unpaired) electrons. The third-order valence-corrected chi connectivity index (χ3v) is 6.52. The van der Waals surface area contributed by atoms with Gasteiger partial charge < -0.3 is 20.9 Å². The number of amides is 2. The summed E-state index contributed by atoms with van der Waals surface area (Å²) in [5, 5.41) is 4.81. The summed E-state index contributed by atoms with van der Waals surface area (Å²) in [7, 11) is 1.98. The summed E-state index contributed by atoms with van der Waals surface area (Å²) in [6.45, 7) is 2.49. The number of nitrogen functional groups attached to an aromatic ring is 1. The van der Waals surface area contributed by atoms with E-state index in [1.165, 1.54) is 24.3 Å². The van der Waals surface area contributed by atoms with Crippen molar-refractivity contribution in [3.8, 4) is 10.4 Å². The van der Waals surface area contributed by atoms with Crippen molar-refractivity contribution in [2.75, 3.05) is 44.3 Å². The van der Waals surface area contributed by atoms with Gasteiger partial charge in [0.15, 0.2) is 0 Å². The lowest BCUT2D eigenvalue weighted by Gasteiger charge is -2.33. The van der Waals surface area contributed by atoms with E-state index in [0.29, 0.717) is 30.0 Å². The van der Waals surface area contributed by atoms with Crippen LogP contribution in [0.4, 0.5) is 15.8 Å². The second-order valence-electron chi connectivity index (χ2n) is 7.85. The molecule has 1 fully saturated rings. The van der Waals surface area contributed by atoms with Crippen LogP contribution in [0.15, 0.2) is 60.0 Å². The van der Waals surface area contributed by atoms with Crippen LogP contribution in [0.25, 0.3) is 10.4 Å². The molecule has 1 unspecified atom stereocenters. The molecule has 0 bridgehead atoms. The van der Waals surface area contributed by atoms with Crippen LogP contribution in [0.2, 0.25) is 0 Å². The molecule has 3 aromatic rings. The van der Waals surface area contributed by atoms with E-state index in [1.54, 1.807) is 22.3 Å². The van der Waals surface area contributed by atoms with Crippen molar-refractivity contribution in [1.82, 2.24) is 9.80 Å². The van der Waals surface area contributed by atoms with Gasteiger partial charge in [-0.05, 0) is 53.9 Å². The summed E-state index contributed by atoms with van der Waals surface area (Å²) >= 11 is 1.60. The molecule has 1 atom stereocenters. The maximum absolute atomic E-state index is 14.8. The second kappa shape index (κ2) is 9.50. The number of piperazine rings is 1. The maximum Gasteiger partial charge on any atom is 0.261 e. The molecular weight excluding hydrogens is 427 g/mol. The van der Waals surface area contributed by atoms with Crippen LogP contribution in [0.1, 0.15) is 22.1 Å². The third kappa shape index (κ3) is 4.81. The van der Waals surface area contributed by atoms with Gasteiger partial charge in [0.1, 0.15) is 0 Å². The first-order chi connectivity index (χ1) is 15.4. The molecule has 2 aromatic carbocycles. The summed E-state index contributed by atoms with van der Waals surface area (Å²) < 4.78 is 14.8. The molecule has 166 valence electrons. The average molecular weight is 453 g/mol. The lowest BCUT2D eigenvalue weighted by molar-refractivity contribution is -0.138. The fourth-order valence-corrected chi connectivity index (χ4v) is 4.31. The van der Waals surface area contributed by atoms with Gasteiger partial charge in [-0.15, -0.1) is 11.3 Å². The Morgan fingerprint density at radius 2 is 1.78 bits per heavy atom. The molecule has 1 aromatic heterocycles. The number of hydrogen-bond donors (Lipinski definition) is 2. The van der Waals surface area contributed by atoms with Gasteiger partial charge in [-0.1, -0.05) is 24.3 Å². The molecule has 6 nitrogen and oxygen atoms in total. The highest BCUT2D eigenvalue weighted by Gasteiger charge is 2.27. The number of rotatable bonds is 5. The quantitative estimate of drug-likeness (QED) is 0.573. The van der Waals surface area contributed by atoms with Gasteiger partial charge in [-0.2, -0.15) is 0 Å². The van der Waals surface area contributed by atoms with Crippen LogP contribution >= 0.6 is 11.3 Å². The minimum atomic E-state index is -1.74. The Balaban J connectivity index is 1.43. The largest absolute Gasteiger partial charge is 0.397 e. The molecule has 0 spiro atoms. The zero-order chi connectivity index (χ0) is 22.7. The molecule has 1 aliphatic rings. The summed E-state index contributed by atoms with van der Waals surface area (Å²) in [5.41, 5.74) is 8.56. The van der Waals surface area contributed by atoms with Crippen molar-refractivity contribution >= 4 is 34.5 Å². The average Bonchev–Trinajstić information content (AvgIpc) is 3.35. The Morgan fingerprint density at radius 1 is 1.06 bits per heavy atom. The van der Waals surface area contributed by atoms with Crippen LogP contribution in [0.5, 0.6) is 0 Å². The van der Waals surface area contributed by atoms with Gasteiger partial charge in [0.2, 0.25) is 6.17 Å². The molecule has 3 N–H and O–H groups in total. The summed E-state index contributed by atoms with van der Waals surface area (Å²) in [6, 6.07) is 15.5. The van der Waals surface area contributed by atoms with Gasteiger partial charge in [-0.25, -0.2) is 4.39 Å². The predicted molar refractivity (Wildman–Crippen MR) is 126 cm³/mol. The predicted octanol–water partition coefficient (Wildman–Crippen LogP) is 4.03. The number of carbonyl (C=O) groups is 2. The molecule has 1 aliphatic heterocycles. The third-order valence-electron chi connectivity index (χ3n) is 5.60. The lowest BCUT2D eigenvalue weighted by Crippen LogP contribution is -2.48. The standard InChI is InChI=1S/C24H25FN4O2S/c1-28-10-12-29(13-11-28)24(31)22(25)16-4-6-17(7-5-16)23(30)27-20-15-18(8-9-19(20)26)21-3-2-14-32-21/h2-9,14-15,22H,10-13,26H2,1H3,(H,27,30). The summed E-state index contributed by atoms with van der Waals surface area (Å²) in [6.07, 6.45) is -1.74. The number of alkyl halides is 1. The van der Waals surface area contributed by atoms with Gasteiger partial charge in [0.05, 0.1) is 11.4 Å². The monoisotopic (exact) mass is 452 g/mol. The molecule has 0 aliphatic carbocycles. The SMILES string of the molecule is CN1CCN(C(=O)C(F)c2ccc(C(=O)Nc3cc(-c4cccs4)ccc3N)cc2)CC1. The zero-order valence-electron chi connectivity index (χ0n) is 17.8. The fraction of sp³-hybridized carbons (Fsp3) is 0.250. The number of nitrogens with zero attached hydrogens (tertiary/aromatic N) is 2. The molecule has 8 heteroatoms. The van der Waals surface area contributed by atoms with E-state index in [-0.39, 0.29) is 11.5 Å². The fourth-order valence-electron chi connectivity index (χ4n) is 3.59. The molecular formula is C24H25FN4O2S. The van der Waals surface area contributed by atoms with Gasteiger partial charge >= 0.3 is 0 Å². The highest BCUT2D eigenvalue weighted by atomic mass is 32.1. The van der Waals surface area contributed by atoms with Crippen LogP contribution in [-0.2, 0) is 4.79 Å². The Hall–Kier alpha value is -3.23. The molecule has 1 saturated heterocycles. The number of likely N-dealkylation sites (N-methyl/N-ethyl adjacent to an activating group) is 1. The number of thiophene rings is 1. The van der Waals surface area contributed by atoms with E-state index in [2.05, 4.69) is 10.2 Å². The molecule has 32 heavy (non-hydrogen) atoms. The first kappa shape index (κ1) is 22.0. The number of anilines is 2. The van der Waals surface area contributed by atoms with E-state index in [9.17, 15) is 14.0 Å². The van der Waals surface area contributed by atoms with Crippen molar-refractivity contribution in [2.45, 2.75) is 6.17 Å². The normalized spacial score (nSPS) is 15.4. The molecule has 4 rings (SSSR count).